The van der Waals surface area contributed by atoms with Gasteiger partial charge in [-0.1, -0.05) is 35.9 Å². The minimum absolute atomic E-state index is 0.0475. The molecule has 3 aromatic rings. The van der Waals surface area contributed by atoms with Crippen molar-refractivity contribution in [2.24, 2.45) is 0 Å². The van der Waals surface area contributed by atoms with E-state index in [0.717, 1.165) is 16.9 Å². The predicted octanol–water partition coefficient (Wildman–Crippen LogP) is 4.16. The van der Waals surface area contributed by atoms with Crippen molar-refractivity contribution >= 4 is 23.3 Å². The number of nitrogens with one attached hydrogen (secondary N) is 1. The Morgan fingerprint density at radius 2 is 1.96 bits per heavy atom. The van der Waals surface area contributed by atoms with E-state index in [9.17, 15) is 4.79 Å². The molecule has 0 spiro atoms. The van der Waals surface area contributed by atoms with E-state index >= 15 is 0 Å². The average Bonchev–Trinajstić information content (AvgIpc) is 3.07. The maximum absolute atomic E-state index is 12.3. The zero-order valence-electron chi connectivity index (χ0n) is 14.5. The number of carbonyl (C=O) groups excluding carboxylic acids is 1. The van der Waals surface area contributed by atoms with Gasteiger partial charge >= 0.3 is 0 Å². The van der Waals surface area contributed by atoms with Gasteiger partial charge in [0.15, 0.2) is 0 Å². The first kappa shape index (κ1) is 18.0. The van der Waals surface area contributed by atoms with Crippen LogP contribution in [0.2, 0.25) is 5.02 Å². The second-order valence-corrected chi connectivity index (χ2v) is 6.34. The van der Waals surface area contributed by atoms with Gasteiger partial charge in [-0.15, -0.1) is 0 Å². The first-order valence-electron chi connectivity index (χ1n) is 8.33. The summed E-state index contributed by atoms with van der Waals surface area (Å²) in [6.45, 7) is 0.543. The molecule has 0 aliphatic carbocycles. The van der Waals surface area contributed by atoms with Crippen molar-refractivity contribution in [1.29, 1.82) is 0 Å². The number of anilines is 1. The third kappa shape index (κ3) is 4.86. The molecule has 1 amide bonds. The third-order valence-electron chi connectivity index (χ3n) is 4.01. The van der Waals surface area contributed by atoms with Crippen molar-refractivity contribution in [3.05, 3.63) is 76.9 Å². The van der Waals surface area contributed by atoms with Gasteiger partial charge < -0.3 is 10.1 Å². The first-order valence-corrected chi connectivity index (χ1v) is 8.71. The van der Waals surface area contributed by atoms with Gasteiger partial charge in [0.25, 0.3) is 0 Å². The zero-order valence-corrected chi connectivity index (χ0v) is 15.2. The van der Waals surface area contributed by atoms with E-state index in [1.165, 1.54) is 0 Å². The van der Waals surface area contributed by atoms with Crippen LogP contribution in [0.25, 0.3) is 0 Å². The number of nitrogens with zero attached hydrogens (tertiary/aromatic N) is 2. The lowest BCUT2D eigenvalue weighted by Gasteiger charge is -2.10. The average molecular weight is 370 g/mol. The molecule has 0 atom stereocenters. The molecule has 1 aromatic heterocycles. The largest absolute Gasteiger partial charge is 0.497 e. The lowest BCUT2D eigenvalue weighted by atomic mass is 10.1. The summed E-state index contributed by atoms with van der Waals surface area (Å²) in [7, 11) is 1.63. The number of ether oxygens (including phenoxy) is 1. The van der Waals surface area contributed by atoms with E-state index in [-0.39, 0.29) is 5.91 Å². The Bertz CT molecular complexity index is 875. The number of hydrogen-bond donors (Lipinski definition) is 1. The zero-order chi connectivity index (χ0) is 18.4. The highest BCUT2D eigenvalue weighted by Gasteiger charge is 2.08. The van der Waals surface area contributed by atoms with Crippen LogP contribution in [-0.4, -0.2) is 22.8 Å². The lowest BCUT2D eigenvalue weighted by molar-refractivity contribution is -0.116. The van der Waals surface area contributed by atoms with Crippen LogP contribution in [-0.2, 0) is 17.8 Å². The molecular weight excluding hydrogens is 350 g/mol. The maximum atomic E-state index is 12.3. The summed E-state index contributed by atoms with van der Waals surface area (Å²) < 4.78 is 6.88. The fourth-order valence-electron chi connectivity index (χ4n) is 2.63. The highest BCUT2D eigenvalue weighted by molar-refractivity contribution is 6.30. The number of rotatable bonds is 7. The van der Waals surface area contributed by atoms with Crippen molar-refractivity contribution in [2.45, 2.75) is 19.4 Å². The summed E-state index contributed by atoms with van der Waals surface area (Å²) in [6.07, 6.45) is 2.73. The Balaban J connectivity index is 1.57. The van der Waals surface area contributed by atoms with E-state index in [2.05, 4.69) is 10.4 Å². The van der Waals surface area contributed by atoms with Gasteiger partial charge in [-0.3, -0.25) is 4.79 Å². The Kier molecular flexibility index (Phi) is 5.92. The molecule has 6 heteroatoms. The van der Waals surface area contributed by atoms with Crippen LogP contribution in [0.3, 0.4) is 0 Å². The minimum atomic E-state index is -0.0475. The van der Waals surface area contributed by atoms with Crippen LogP contribution >= 0.6 is 11.6 Å². The van der Waals surface area contributed by atoms with Crippen molar-refractivity contribution in [3.8, 4) is 5.75 Å². The highest BCUT2D eigenvalue weighted by Crippen LogP contribution is 2.16. The number of carbonyl (C=O) groups is 1. The van der Waals surface area contributed by atoms with Crippen LogP contribution in [0, 0.1) is 0 Å². The van der Waals surface area contributed by atoms with Crippen molar-refractivity contribution in [1.82, 2.24) is 9.78 Å². The molecule has 2 aromatic carbocycles. The normalized spacial score (nSPS) is 10.5. The fraction of sp³-hybridized carbons (Fsp3) is 0.200. The molecule has 3 rings (SSSR count). The second kappa shape index (κ2) is 8.54. The summed E-state index contributed by atoms with van der Waals surface area (Å²) in [4.78, 5) is 12.3. The number of aromatic nitrogens is 2. The number of benzene rings is 2. The summed E-state index contributed by atoms with van der Waals surface area (Å²) in [6, 6.07) is 17.1. The summed E-state index contributed by atoms with van der Waals surface area (Å²) >= 11 is 6.02. The van der Waals surface area contributed by atoms with Crippen LogP contribution < -0.4 is 10.1 Å². The van der Waals surface area contributed by atoms with Gasteiger partial charge in [0, 0.05) is 17.5 Å². The summed E-state index contributed by atoms with van der Waals surface area (Å²) in [5.41, 5.74) is 2.11. The van der Waals surface area contributed by atoms with E-state index in [4.69, 9.17) is 16.3 Å². The molecule has 0 aliphatic heterocycles. The molecular formula is C20H20ClN3O2. The van der Waals surface area contributed by atoms with Gasteiger partial charge in [-0.2, -0.15) is 5.10 Å². The van der Waals surface area contributed by atoms with Gasteiger partial charge in [0.2, 0.25) is 5.91 Å². The Morgan fingerprint density at radius 1 is 1.15 bits per heavy atom. The van der Waals surface area contributed by atoms with Gasteiger partial charge in [-0.25, -0.2) is 4.68 Å². The number of halogens is 1. The lowest BCUT2D eigenvalue weighted by Crippen LogP contribution is -2.16. The monoisotopic (exact) mass is 369 g/mol. The highest BCUT2D eigenvalue weighted by atomic mass is 35.5. The van der Waals surface area contributed by atoms with E-state index in [1.807, 2.05) is 48.5 Å². The van der Waals surface area contributed by atoms with Gasteiger partial charge in [0.05, 0.1) is 19.9 Å². The van der Waals surface area contributed by atoms with E-state index in [1.54, 1.807) is 24.1 Å². The molecule has 0 radical (unpaired) electrons. The third-order valence-corrected chi connectivity index (χ3v) is 4.24. The topological polar surface area (TPSA) is 56.1 Å². The standard InChI is InChI=1S/C20H20ClN3O2/c1-26-18-8-5-15(6-9-18)7-10-20(25)23-19-11-12-22-24(19)14-16-3-2-4-17(21)13-16/h2-6,8-9,11-13H,7,10,14H2,1H3,(H,23,25). The number of hydrogen-bond acceptors (Lipinski definition) is 3. The van der Waals surface area contributed by atoms with Crippen molar-refractivity contribution in [3.63, 3.8) is 0 Å². The van der Waals surface area contributed by atoms with Gasteiger partial charge in [0.1, 0.15) is 11.6 Å². The fourth-order valence-corrected chi connectivity index (χ4v) is 2.84. The predicted molar refractivity (Wildman–Crippen MR) is 103 cm³/mol. The SMILES string of the molecule is COc1ccc(CCC(=O)Nc2ccnn2Cc2cccc(Cl)c2)cc1. The summed E-state index contributed by atoms with van der Waals surface area (Å²) in [5.74, 6) is 1.43. The number of aryl methyl sites for hydroxylation is 1. The number of amides is 1. The molecule has 26 heavy (non-hydrogen) atoms. The Morgan fingerprint density at radius 3 is 2.69 bits per heavy atom. The quantitative estimate of drug-likeness (QED) is 0.680. The van der Waals surface area contributed by atoms with Crippen LogP contribution in [0.4, 0.5) is 5.82 Å². The number of methoxy groups -OCH3 is 1. The van der Waals surface area contributed by atoms with Crippen LogP contribution in [0.15, 0.2) is 60.8 Å². The van der Waals surface area contributed by atoms with Crippen LogP contribution in [0.5, 0.6) is 5.75 Å². The van der Waals surface area contributed by atoms with E-state index < -0.39 is 0 Å². The van der Waals surface area contributed by atoms with Crippen molar-refractivity contribution in [2.75, 3.05) is 12.4 Å². The Labute approximate surface area is 157 Å². The molecule has 134 valence electrons. The van der Waals surface area contributed by atoms with Crippen molar-refractivity contribution < 1.29 is 9.53 Å². The molecule has 1 N–H and O–H groups in total. The van der Waals surface area contributed by atoms with E-state index in [0.29, 0.717) is 30.2 Å². The molecule has 0 saturated heterocycles. The molecule has 0 unspecified atom stereocenters. The first-order chi connectivity index (χ1) is 12.6. The minimum Gasteiger partial charge on any atom is -0.497 e. The molecule has 0 saturated carbocycles. The second-order valence-electron chi connectivity index (χ2n) is 5.90. The molecule has 0 aliphatic rings. The molecule has 5 nitrogen and oxygen atoms in total. The molecule has 0 fully saturated rings. The summed E-state index contributed by atoms with van der Waals surface area (Å²) in [5, 5.41) is 7.88. The smallest absolute Gasteiger partial charge is 0.225 e. The maximum Gasteiger partial charge on any atom is 0.225 e. The Hall–Kier alpha value is -2.79. The van der Waals surface area contributed by atoms with Crippen LogP contribution in [0.1, 0.15) is 17.5 Å². The molecule has 0 bridgehead atoms. The molecule has 1 heterocycles. The van der Waals surface area contributed by atoms with Gasteiger partial charge in [-0.05, 0) is 41.8 Å².